The topological polar surface area (TPSA) is 0 Å². The van der Waals surface area contributed by atoms with Gasteiger partial charge in [-0.3, -0.25) is 0 Å². The zero-order chi connectivity index (χ0) is 36.2. The summed E-state index contributed by atoms with van der Waals surface area (Å²) in [6.07, 6.45) is 55.1. The lowest BCUT2D eigenvalue weighted by molar-refractivity contribution is 0.555. The molecule has 0 atom stereocenters. The molecule has 0 fully saturated rings. The second-order valence-electron chi connectivity index (χ2n) is 16.6. The van der Waals surface area contributed by atoms with Crippen molar-refractivity contribution in [3.05, 3.63) is 33.9 Å². The minimum Gasteiger partial charge on any atom is -0.0654 e. The van der Waals surface area contributed by atoms with Gasteiger partial charge < -0.3 is 0 Å². The van der Waals surface area contributed by atoms with Crippen LogP contribution in [0.15, 0.2) is 6.07 Å². The van der Waals surface area contributed by atoms with Crippen LogP contribution in [-0.4, -0.2) is 0 Å². The van der Waals surface area contributed by atoms with E-state index >= 15 is 0 Å². The number of aryl methyl sites for hydroxylation is 2. The van der Waals surface area contributed by atoms with Crippen molar-refractivity contribution >= 4 is 0 Å². The van der Waals surface area contributed by atoms with Crippen LogP contribution in [0.3, 0.4) is 0 Å². The molecule has 1 aromatic rings. The van der Waals surface area contributed by atoms with Crippen molar-refractivity contribution in [3.63, 3.8) is 0 Å². The summed E-state index contributed by atoms with van der Waals surface area (Å²) in [4.78, 5) is 0. The van der Waals surface area contributed by atoms with Gasteiger partial charge >= 0.3 is 0 Å². The van der Waals surface area contributed by atoms with Crippen LogP contribution in [0.5, 0.6) is 0 Å². The lowest BCUT2D eigenvalue weighted by Gasteiger charge is -2.24. The molecule has 0 radical (unpaired) electrons. The van der Waals surface area contributed by atoms with E-state index in [1.54, 1.807) is 11.1 Å². The molecule has 0 heterocycles. The molecule has 0 amide bonds. The van der Waals surface area contributed by atoms with Gasteiger partial charge in [0.25, 0.3) is 0 Å². The summed E-state index contributed by atoms with van der Waals surface area (Å²) in [7, 11) is 0. The summed E-state index contributed by atoms with van der Waals surface area (Å²) in [5.74, 6) is 0. The lowest BCUT2D eigenvalue weighted by atomic mass is 9.81. The largest absolute Gasteiger partial charge is 0.0654 e. The fourth-order valence-electron chi connectivity index (χ4n) is 8.47. The summed E-state index contributed by atoms with van der Waals surface area (Å²) in [6.45, 7) is 11.7. The van der Waals surface area contributed by atoms with Gasteiger partial charge in [0.15, 0.2) is 0 Å². The molecule has 0 heteroatoms. The first-order chi connectivity index (χ1) is 24.7. The zero-order valence-electron chi connectivity index (χ0n) is 35.7. The summed E-state index contributed by atoms with van der Waals surface area (Å²) < 4.78 is 0. The third-order valence-electron chi connectivity index (χ3n) is 11.8. The first kappa shape index (κ1) is 47.2. The average molecular weight is 695 g/mol. The maximum Gasteiger partial charge on any atom is -0.0273 e. The van der Waals surface area contributed by atoms with Crippen LogP contribution in [0, 0.1) is 0 Å². The van der Waals surface area contributed by atoms with Gasteiger partial charge in [0, 0.05) is 0 Å². The summed E-state index contributed by atoms with van der Waals surface area (Å²) >= 11 is 0. The number of unbranched alkanes of at least 4 members (excludes halogenated alkanes) is 29. The van der Waals surface area contributed by atoms with Crippen molar-refractivity contribution < 1.29 is 0 Å². The first-order valence-corrected chi connectivity index (χ1v) is 23.9. The Morgan fingerprint density at radius 2 is 0.420 bits per heavy atom. The number of hydrogen-bond donors (Lipinski definition) is 0. The quantitative estimate of drug-likeness (QED) is 0.0602. The van der Waals surface area contributed by atoms with Crippen LogP contribution < -0.4 is 0 Å². The maximum absolute atomic E-state index is 2.82. The van der Waals surface area contributed by atoms with Crippen molar-refractivity contribution in [1.82, 2.24) is 0 Å². The number of rotatable bonds is 39. The van der Waals surface area contributed by atoms with Gasteiger partial charge in [0.2, 0.25) is 0 Å². The normalized spacial score (nSPS) is 11.6. The molecular weight excluding hydrogens is 601 g/mol. The Kier molecular flexibility index (Phi) is 34.6. The van der Waals surface area contributed by atoms with E-state index in [1.165, 1.54) is 250 Å². The Morgan fingerprint density at radius 1 is 0.220 bits per heavy atom. The van der Waals surface area contributed by atoms with Gasteiger partial charge in [-0.05, 0) is 92.0 Å². The fourth-order valence-corrected chi connectivity index (χ4v) is 8.47. The molecule has 0 spiro atoms. The van der Waals surface area contributed by atoms with Crippen LogP contribution >= 0.6 is 0 Å². The summed E-state index contributed by atoms with van der Waals surface area (Å²) in [6, 6.07) is 2.82. The van der Waals surface area contributed by atoms with E-state index in [0.717, 1.165) is 0 Å². The van der Waals surface area contributed by atoms with E-state index in [9.17, 15) is 0 Å². The molecule has 0 saturated heterocycles. The molecule has 0 aliphatic heterocycles. The summed E-state index contributed by atoms with van der Waals surface area (Å²) in [5, 5.41) is 0. The van der Waals surface area contributed by atoms with Crippen LogP contribution in [0.2, 0.25) is 0 Å². The molecule has 0 bridgehead atoms. The molecule has 0 aromatic heterocycles. The minimum atomic E-state index is 1.34. The van der Waals surface area contributed by atoms with Crippen molar-refractivity contribution in [2.45, 2.75) is 285 Å². The Balaban J connectivity index is 3.23. The van der Waals surface area contributed by atoms with E-state index in [0.29, 0.717) is 0 Å². The zero-order valence-corrected chi connectivity index (χ0v) is 35.7. The SMILES string of the molecule is CCCCCCCCCCCCc1cc(CCCCCCCC)c(CCCCCCCC)c(CCCCCCCC)c1CCCCCCCC. The van der Waals surface area contributed by atoms with Gasteiger partial charge in [-0.1, -0.05) is 227 Å². The predicted octanol–water partition coefficient (Wildman–Crippen LogP) is 17.8. The van der Waals surface area contributed by atoms with Crippen LogP contribution in [0.25, 0.3) is 0 Å². The monoisotopic (exact) mass is 695 g/mol. The van der Waals surface area contributed by atoms with Gasteiger partial charge in [0.05, 0.1) is 0 Å². The van der Waals surface area contributed by atoms with Crippen LogP contribution in [0.1, 0.15) is 281 Å². The summed E-state index contributed by atoms with van der Waals surface area (Å²) in [5.41, 5.74) is 9.19. The Hall–Kier alpha value is -0.780. The fraction of sp³-hybridized carbons (Fsp3) is 0.880. The molecule has 50 heavy (non-hydrogen) atoms. The van der Waals surface area contributed by atoms with Crippen LogP contribution in [-0.2, 0) is 32.1 Å². The van der Waals surface area contributed by atoms with Crippen molar-refractivity contribution in [2.75, 3.05) is 0 Å². The molecule has 0 aliphatic carbocycles. The Morgan fingerprint density at radius 3 is 0.680 bits per heavy atom. The van der Waals surface area contributed by atoms with Crippen molar-refractivity contribution in [2.24, 2.45) is 0 Å². The Labute approximate surface area is 317 Å². The maximum atomic E-state index is 2.82. The van der Waals surface area contributed by atoms with E-state index < -0.39 is 0 Å². The van der Waals surface area contributed by atoms with Gasteiger partial charge in [-0.25, -0.2) is 0 Å². The average Bonchev–Trinajstić information content (AvgIpc) is 3.12. The highest BCUT2D eigenvalue weighted by Gasteiger charge is 2.18. The van der Waals surface area contributed by atoms with Crippen molar-refractivity contribution in [1.29, 1.82) is 0 Å². The van der Waals surface area contributed by atoms with Crippen LogP contribution in [0.4, 0.5) is 0 Å². The standard InChI is InChI=1S/C50H94/c1-6-11-16-21-26-27-28-29-31-36-41-47-45-46(40-35-30-22-17-12-7-2)48(42-37-32-23-18-13-8-3)50(44-39-34-25-20-15-10-5)49(47)43-38-33-24-19-14-9-4/h45H,6-44H2,1-5H3. The second-order valence-corrected chi connectivity index (χ2v) is 16.6. The first-order valence-electron chi connectivity index (χ1n) is 23.9. The highest BCUT2D eigenvalue weighted by Crippen LogP contribution is 2.32. The highest BCUT2D eigenvalue weighted by atomic mass is 14.2. The van der Waals surface area contributed by atoms with E-state index in [2.05, 4.69) is 40.7 Å². The third-order valence-corrected chi connectivity index (χ3v) is 11.8. The molecular formula is C50H94. The molecule has 1 rings (SSSR count). The van der Waals surface area contributed by atoms with E-state index in [-0.39, 0.29) is 0 Å². The molecule has 0 N–H and O–H groups in total. The molecule has 0 unspecified atom stereocenters. The highest BCUT2D eigenvalue weighted by molar-refractivity contribution is 5.47. The van der Waals surface area contributed by atoms with E-state index in [4.69, 9.17) is 0 Å². The van der Waals surface area contributed by atoms with Gasteiger partial charge in [-0.2, -0.15) is 0 Å². The predicted molar refractivity (Wildman–Crippen MR) is 230 cm³/mol. The molecule has 0 saturated carbocycles. The smallest absolute Gasteiger partial charge is 0.0273 e. The molecule has 0 aliphatic rings. The number of hydrogen-bond acceptors (Lipinski definition) is 0. The van der Waals surface area contributed by atoms with Crippen molar-refractivity contribution in [3.8, 4) is 0 Å². The number of benzene rings is 1. The third kappa shape index (κ3) is 25.2. The Bertz CT molecular complexity index is 833. The minimum absolute atomic E-state index is 1.34. The molecule has 1 aromatic carbocycles. The van der Waals surface area contributed by atoms with Gasteiger partial charge in [0.1, 0.15) is 0 Å². The molecule has 0 nitrogen and oxygen atoms in total. The van der Waals surface area contributed by atoms with Gasteiger partial charge in [-0.15, -0.1) is 0 Å². The molecule has 294 valence electrons. The lowest BCUT2D eigenvalue weighted by Crippen LogP contribution is -2.11. The van der Waals surface area contributed by atoms with E-state index in [1.807, 2.05) is 16.7 Å². The second kappa shape index (κ2) is 36.6.